The zero-order chi connectivity index (χ0) is 18.7. The fourth-order valence-electron chi connectivity index (χ4n) is 3.26. The van der Waals surface area contributed by atoms with Gasteiger partial charge in [-0.05, 0) is 37.1 Å². The van der Waals surface area contributed by atoms with Gasteiger partial charge in [0.15, 0.2) is 9.84 Å². The molecule has 1 saturated heterocycles. The molecule has 26 heavy (non-hydrogen) atoms. The van der Waals surface area contributed by atoms with Crippen molar-refractivity contribution in [2.75, 3.05) is 29.6 Å². The summed E-state index contributed by atoms with van der Waals surface area (Å²) in [5.74, 6) is 0. The van der Waals surface area contributed by atoms with Gasteiger partial charge in [-0.2, -0.15) is 0 Å². The molecule has 2 aromatic rings. The third kappa shape index (κ3) is 4.13. The largest absolute Gasteiger partial charge is 0.380 e. The number of sulfone groups is 1. The van der Waals surface area contributed by atoms with E-state index in [1.54, 1.807) is 6.07 Å². The highest BCUT2D eigenvalue weighted by molar-refractivity contribution is 7.90. The second-order valence-corrected chi connectivity index (χ2v) is 8.46. The Bertz CT molecular complexity index is 900. The number of rotatable bonds is 5. The zero-order valence-corrected chi connectivity index (χ0v) is 15.3. The van der Waals surface area contributed by atoms with E-state index >= 15 is 0 Å². The molecule has 1 fully saturated rings. The lowest BCUT2D eigenvalue weighted by molar-refractivity contribution is -0.387. The van der Waals surface area contributed by atoms with Gasteiger partial charge in [-0.15, -0.1) is 0 Å². The summed E-state index contributed by atoms with van der Waals surface area (Å²) in [4.78, 5) is 12.4. The number of benzene rings is 2. The smallest absolute Gasteiger partial charge is 0.288 e. The lowest BCUT2D eigenvalue weighted by Gasteiger charge is -2.35. The van der Waals surface area contributed by atoms with Gasteiger partial charge in [0.05, 0.1) is 4.92 Å². The Morgan fingerprint density at radius 3 is 2.58 bits per heavy atom. The molecule has 0 saturated carbocycles. The van der Waals surface area contributed by atoms with E-state index in [0.29, 0.717) is 5.69 Å². The molecule has 0 aliphatic carbocycles. The molecule has 138 valence electrons. The summed E-state index contributed by atoms with van der Waals surface area (Å²) in [6, 6.07) is 14.4. The van der Waals surface area contributed by atoms with Crippen LogP contribution in [-0.4, -0.2) is 38.7 Å². The predicted octanol–water partition coefficient (Wildman–Crippen LogP) is 3.08. The Hall–Kier alpha value is -2.61. The summed E-state index contributed by atoms with van der Waals surface area (Å²) >= 11 is 0. The molecule has 1 N–H and O–H groups in total. The van der Waals surface area contributed by atoms with Crippen molar-refractivity contribution in [3.05, 3.63) is 58.6 Å². The first-order valence-electron chi connectivity index (χ1n) is 8.39. The summed E-state index contributed by atoms with van der Waals surface area (Å²) < 4.78 is 23.8. The number of nitrogens with zero attached hydrogens (tertiary/aromatic N) is 2. The van der Waals surface area contributed by atoms with Crippen LogP contribution in [0.4, 0.5) is 17.1 Å². The van der Waals surface area contributed by atoms with Crippen LogP contribution in [0, 0.1) is 10.1 Å². The SMILES string of the molecule is CS(=O)(=O)c1cc(NC2CCCN(c3ccccc3)C2)ccc1[N+](=O)[O-]. The number of anilines is 2. The van der Waals surface area contributed by atoms with E-state index in [4.69, 9.17) is 0 Å². The quantitative estimate of drug-likeness (QED) is 0.638. The van der Waals surface area contributed by atoms with Gasteiger partial charge in [-0.1, -0.05) is 18.2 Å². The Kier molecular flexibility index (Phi) is 5.13. The summed E-state index contributed by atoms with van der Waals surface area (Å²) in [5, 5.41) is 14.4. The van der Waals surface area contributed by atoms with E-state index in [2.05, 4.69) is 22.3 Å². The molecule has 1 unspecified atom stereocenters. The van der Waals surface area contributed by atoms with E-state index in [1.807, 2.05) is 18.2 Å². The number of nitro groups is 1. The van der Waals surface area contributed by atoms with Crippen LogP contribution in [0.5, 0.6) is 0 Å². The first kappa shape index (κ1) is 18.2. The molecule has 7 nitrogen and oxygen atoms in total. The summed E-state index contributed by atoms with van der Waals surface area (Å²) in [6.45, 7) is 1.76. The second-order valence-electron chi connectivity index (χ2n) is 6.48. The van der Waals surface area contributed by atoms with Gasteiger partial charge >= 0.3 is 0 Å². The highest BCUT2D eigenvalue weighted by Gasteiger charge is 2.24. The van der Waals surface area contributed by atoms with Crippen LogP contribution in [0.15, 0.2) is 53.4 Å². The van der Waals surface area contributed by atoms with Crippen LogP contribution >= 0.6 is 0 Å². The van der Waals surface area contributed by atoms with Crippen LogP contribution in [-0.2, 0) is 9.84 Å². The molecule has 1 aliphatic rings. The Labute approximate surface area is 152 Å². The van der Waals surface area contributed by atoms with E-state index in [-0.39, 0.29) is 10.9 Å². The van der Waals surface area contributed by atoms with Crippen LogP contribution in [0.3, 0.4) is 0 Å². The van der Waals surface area contributed by atoms with E-state index < -0.39 is 20.4 Å². The molecule has 1 heterocycles. The summed E-state index contributed by atoms with van der Waals surface area (Å²) in [6.07, 6.45) is 2.95. The highest BCUT2D eigenvalue weighted by atomic mass is 32.2. The molecule has 0 radical (unpaired) electrons. The predicted molar refractivity (Wildman–Crippen MR) is 102 cm³/mol. The lowest BCUT2D eigenvalue weighted by atomic mass is 10.0. The van der Waals surface area contributed by atoms with Gasteiger partial charge in [-0.25, -0.2) is 8.42 Å². The zero-order valence-electron chi connectivity index (χ0n) is 14.5. The summed E-state index contributed by atoms with van der Waals surface area (Å²) in [7, 11) is -3.69. The number of hydrogen-bond donors (Lipinski definition) is 1. The Balaban J connectivity index is 1.79. The minimum Gasteiger partial charge on any atom is -0.380 e. The van der Waals surface area contributed by atoms with Crippen molar-refractivity contribution in [2.24, 2.45) is 0 Å². The molecule has 3 rings (SSSR count). The van der Waals surface area contributed by atoms with Crippen molar-refractivity contribution in [1.29, 1.82) is 0 Å². The van der Waals surface area contributed by atoms with E-state index in [0.717, 1.165) is 37.9 Å². The Morgan fingerprint density at radius 2 is 1.92 bits per heavy atom. The molecule has 1 atom stereocenters. The number of nitro benzene ring substituents is 1. The van der Waals surface area contributed by atoms with E-state index in [1.165, 1.54) is 12.1 Å². The van der Waals surface area contributed by atoms with Gasteiger partial charge in [0.2, 0.25) is 0 Å². The molecule has 0 spiro atoms. The molecule has 1 aliphatic heterocycles. The van der Waals surface area contributed by atoms with Crippen LogP contribution in [0.25, 0.3) is 0 Å². The van der Waals surface area contributed by atoms with Crippen molar-refractivity contribution in [1.82, 2.24) is 0 Å². The van der Waals surface area contributed by atoms with Gasteiger partial charge in [-0.3, -0.25) is 10.1 Å². The first-order valence-corrected chi connectivity index (χ1v) is 10.3. The van der Waals surface area contributed by atoms with Crippen LogP contribution in [0.1, 0.15) is 12.8 Å². The van der Waals surface area contributed by atoms with Crippen molar-refractivity contribution in [2.45, 2.75) is 23.8 Å². The highest BCUT2D eigenvalue weighted by Crippen LogP contribution is 2.28. The average Bonchev–Trinajstić information content (AvgIpc) is 2.62. The second kappa shape index (κ2) is 7.33. The molecular formula is C18H21N3O4S. The van der Waals surface area contributed by atoms with Crippen molar-refractivity contribution in [3.8, 4) is 0 Å². The van der Waals surface area contributed by atoms with Gasteiger partial charge in [0.1, 0.15) is 4.90 Å². The minimum atomic E-state index is -3.69. The molecule has 0 amide bonds. The van der Waals surface area contributed by atoms with Gasteiger partial charge in [0, 0.05) is 42.8 Å². The van der Waals surface area contributed by atoms with Crippen LogP contribution in [0.2, 0.25) is 0 Å². The lowest BCUT2D eigenvalue weighted by Crippen LogP contribution is -2.42. The molecule has 8 heteroatoms. The standard InChI is InChI=1S/C18H21N3O4S/c1-26(24,25)18-12-14(9-10-17(18)21(22)23)19-15-6-5-11-20(13-15)16-7-3-2-4-8-16/h2-4,7-10,12,15,19H,5-6,11,13H2,1H3. The third-order valence-electron chi connectivity index (χ3n) is 4.47. The van der Waals surface area contributed by atoms with Gasteiger partial charge < -0.3 is 10.2 Å². The molecule has 0 bridgehead atoms. The monoisotopic (exact) mass is 375 g/mol. The fourth-order valence-corrected chi connectivity index (χ4v) is 4.12. The number of hydrogen-bond acceptors (Lipinski definition) is 6. The topological polar surface area (TPSA) is 92.6 Å². The first-order chi connectivity index (χ1) is 12.3. The number of piperidine rings is 1. The Morgan fingerprint density at radius 1 is 1.19 bits per heavy atom. The van der Waals surface area contributed by atoms with Gasteiger partial charge in [0.25, 0.3) is 5.69 Å². The fraction of sp³-hybridized carbons (Fsp3) is 0.333. The van der Waals surface area contributed by atoms with Crippen LogP contribution < -0.4 is 10.2 Å². The molecule has 0 aromatic heterocycles. The van der Waals surface area contributed by atoms with Crippen molar-refractivity contribution < 1.29 is 13.3 Å². The summed E-state index contributed by atoms with van der Waals surface area (Å²) in [5.41, 5.74) is 1.34. The number of nitrogens with one attached hydrogen (secondary N) is 1. The average molecular weight is 375 g/mol. The van der Waals surface area contributed by atoms with E-state index in [9.17, 15) is 18.5 Å². The molecular weight excluding hydrogens is 354 g/mol. The maximum atomic E-state index is 11.9. The maximum absolute atomic E-state index is 11.9. The number of para-hydroxylation sites is 1. The van der Waals surface area contributed by atoms with Crippen molar-refractivity contribution >= 4 is 26.9 Å². The maximum Gasteiger partial charge on any atom is 0.288 e. The van der Waals surface area contributed by atoms with Crippen molar-refractivity contribution in [3.63, 3.8) is 0 Å². The normalized spacial score (nSPS) is 17.7. The molecule has 2 aromatic carbocycles. The minimum absolute atomic E-state index is 0.137. The third-order valence-corrected chi connectivity index (χ3v) is 5.60.